The molecule has 3 nitrogen and oxygen atoms in total. The molecule has 2 aromatic rings. The average Bonchev–Trinajstić information content (AvgIpc) is 2.93. The number of benzene rings is 1. The van der Waals surface area contributed by atoms with Gasteiger partial charge in [0.2, 0.25) is 0 Å². The van der Waals surface area contributed by atoms with Gasteiger partial charge in [-0.05, 0) is 18.9 Å². The van der Waals surface area contributed by atoms with Crippen molar-refractivity contribution in [3.05, 3.63) is 36.7 Å². The quantitative estimate of drug-likeness (QED) is 0.864. The van der Waals surface area contributed by atoms with Crippen LogP contribution in [0.5, 0.6) is 0 Å². The Morgan fingerprint density at radius 2 is 1.79 bits per heavy atom. The lowest BCUT2D eigenvalue weighted by Gasteiger charge is -2.12. The Morgan fingerprint density at radius 3 is 2.58 bits per heavy atom. The van der Waals surface area contributed by atoms with Crippen LogP contribution in [0.2, 0.25) is 0 Å². The molecule has 0 saturated heterocycles. The van der Waals surface area contributed by atoms with E-state index in [1.165, 1.54) is 25.7 Å². The van der Waals surface area contributed by atoms with Crippen LogP contribution < -0.4 is 5.73 Å². The van der Waals surface area contributed by atoms with Gasteiger partial charge in [0.05, 0.1) is 0 Å². The average molecular weight is 271 g/mol. The molecule has 1 aliphatic rings. The molecule has 3 rings (SSSR count). The van der Waals surface area contributed by atoms with Crippen LogP contribution in [0.1, 0.15) is 25.7 Å². The Labute approximate surface area is 117 Å². The summed E-state index contributed by atoms with van der Waals surface area (Å²) in [4.78, 5) is 8.99. The molecule has 0 spiro atoms. The van der Waals surface area contributed by atoms with Crippen LogP contribution in [0.15, 0.2) is 41.7 Å². The van der Waals surface area contributed by atoms with E-state index < -0.39 is 0 Å². The molecule has 98 valence electrons. The Balaban J connectivity index is 1.95. The number of aromatic nitrogens is 2. The van der Waals surface area contributed by atoms with E-state index in [1.54, 1.807) is 12.4 Å². The van der Waals surface area contributed by atoms with E-state index in [-0.39, 0.29) is 0 Å². The van der Waals surface area contributed by atoms with Gasteiger partial charge in [0.1, 0.15) is 10.7 Å². The summed E-state index contributed by atoms with van der Waals surface area (Å²) in [5.41, 5.74) is 8.71. The summed E-state index contributed by atoms with van der Waals surface area (Å²) in [6, 6.07) is 7.86. The number of nitrogens with zero attached hydrogens (tertiary/aromatic N) is 2. The minimum absolute atomic E-state index is 0.681. The van der Waals surface area contributed by atoms with E-state index in [0.717, 1.165) is 22.0 Å². The summed E-state index contributed by atoms with van der Waals surface area (Å²) < 4.78 is 0. The molecule has 1 aromatic carbocycles. The zero-order valence-corrected chi connectivity index (χ0v) is 11.6. The Hall–Kier alpha value is -1.55. The first-order valence-corrected chi connectivity index (χ1v) is 7.55. The summed E-state index contributed by atoms with van der Waals surface area (Å²) in [6.45, 7) is 0. The predicted octanol–water partition coefficient (Wildman–Crippen LogP) is 3.76. The number of hydrogen-bond donors (Lipinski definition) is 1. The van der Waals surface area contributed by atoms with Crippen molar-refractivity contribution >= 4 is 17.4 Å². The zero-order chi connectivity index (χ0) is 13.1. The molecule has 1 saturated carbocycles. The standard InChI is InChI=1S/C15H17N3S/c16-13-8-4-3-7-12(13)14-15(18-10-9-17-14)19-11-5-1-2-6-11/h3-4,7-11H,1-2,5-6,16H2. The fourth-order valence-electron chi connectivity index (χ4n) is 2.47. The van der Waals surface area contributed by atoms with E-state index in [2.05, 4.69) is 9.97 Å². The van der Waals surface area contributed by atoms with Crippen molar-refractivity contribution in [2.75, 3.05) is 5.73 Å². The number of nitrogens with two attached hydrogens (primary N) is 1. The highest BCUT2D eigenvalue weighted by Gasteiger charge is 2.20. The molecular weight excluding hydrogens is 254 g/mol. The molecule has 2 N–H and O–H groups in total. The van der Waals surface area contributed by atoms with Gasteiger partial charge in [-0.2, -0.15) is 0 Å². The molecule has 0 radical (unpaired) electrons. The second-order valence-electron chi connectivity index (χ2n) is 4.82. The normalized spacial score (nSPS) is 15.8. The maximum absolute atomic E-state index is 6.05. The van der Waals surface area contributed by atoms with Crippen LogP contribution in [0.25, 0.3) is 11.3 Å². The van der Waals surface area contributed by atoms with E-state index in [0.29, 0.717) is 5.25 Å². The Bertz CT molecular complexity index is 565. The van der Waals surface area contributed by atoms with Crippen molar-refractivity contribution in [2.24, 2.45) is 0 Å². The number of para-hydroxylation sites is 1. The van der Waals surface area contributed by atoms with Gasteiger partial charge in [-0.1, -0.05) is 31.0 Å². The van der Waals surface area contributed by atoms with Gasteiger partial charge in [-0.25, -0.2) is 4.98 Å². The monoisotopic (exact) mass is 271 g/mol. The van der Waals surface area contributed by atoms with Crippen LogP contribution in [-0.4, -0.2) is 15.2 Å². The van der Waals surface area contributed by atoms with E-state index in [1.807, 2.05) is 36.0 Å². The maximum Gasteiger partial charge on any atom is 0.123 e. The van der Waals surface area contributed by atoms with Gasteiger partial charge in [0, 0.05) is 28.9 Å². The predicted molar refractivity (Wildman–Crippen MR) is 80.0 cm³/mol. The van der Waals surface area contributed by atoms with Crippen molar-refractivity contribution in [3.8, 4) is 11.3 Å². The van der Waals surface area contributed by atoms with Crippen LogP contribution in [0, 0.1) is 0 Å². The van der Waals surface area contributed by atoms with Gasteiger partial charge in [-0.15, -0.1) is 11.8 Å². The molecule has 0 atom stereocenters. The van der Waals surface area contributed by atoms with Gasteiger partial charge >= 0.3 is 0 Å². The summed E-state index contributed by atoms with van der Waals surface area (Å²) in [5.74, 6) is 0. The summed E-state index contributed by atoms with van der Waals surface area (Å²) in [6.07, 6.45) is 8.73. The lowest BCUT2D eigenvalue weighted by atomic mass is 10.1. The molecule has 0 unspecified atom stereocenters. The lowest BCUT2D eigenvalue weighted by Crippen LogP contribution is -1.99. The van der Waals surface area contributed by atoms with Crippen molar-refractivity contribution in [1.82, 2.24) is 9.97 Å². The third-order valence-electron chi connectivity index (χ3n) is 3.46. The molecule has 0 aliphatic heterocycles. The number of anilines is 1. The number of nitrogen functional groups attached to an aromatic ring is 1. The van der Waals surface area contributed by atoms with E-state index in [4.69, 9.17) is 5.73 Å². The first-order chi connectivity index (χ1) is 9.34. The second-order valence-corrected chi connectivity index (χ2v) is 6.11. The maximum atomic E-state index is 6.05. The highest BCUT2D eigenvalue weighted by Crippen LogP contribution is 2.38. The molecule has 0 amide bonds. The third kappa shape index (κ3) is 2.73. The fraction of sp³-hybridized carbons (Fsp3) is 0.333. The summed E-state index contributed by atoms with van der Waals surface area (Å²) >= 11 is 1.85. The number of thioether (sulfide) groups is 1. The SMILES string of the molecule is Nc1ccccc1-c1nccnc1SC1CCCC1. The van der Waals surface area contributed by atoms with Gasteiger partial charge in [-0.3, -0.25) is 4.98 Å². The molecule has 1 aromatic heterocycles. The van der Waals surface area contributed by atoms with Gasteiger partial charge in [0.15, 0.2) is 0 Å². The molecule has 1 fully saturated rings. The molecule has 0 bridgehead atoms. The number of hydrogen-bond acceptors (Lipinski definition) is 4. The summed E-state index contributed by atoms with van der Waals surface area (Å²) in [7, 11) is 0. The molecule has 1 aliphatic carbocycles. The minimum Gasteiger partial charge on any atom is -0.398 e. The summed E-state index contributed by atoms with van der Waals surface area (Å²) in [5, 5.41) is 1.69. The van der Waals surface area contributed by atoms with Crippen molar-refractivity contribution in [3.63, 3.8) is 0 Å². The first-order valence-electron chi connectivity index (χ1n) is 6.67. The fourth-order valence-corrected chi connectivity index (χ4v) is 3.75. The van der Waals surface area contributed by atoms with Crippen LogP contribution in [0.3, 0.4) is 0 Å². The second kappa shape index (κ2) is 5.61. The van der Waals surface area contributed by atoms with Crippen molar-refractivity contribution in [2.45, 2.75) is 36.0 Å². The molecule has 4 heteroatoms. The topological polar surface area (TPSA) is 51.8 Å². The van der Waals surface area contributed by atoms with Crippen LogP contribution in [0.4, 0.5) is 5.69 Å². The van der Waals surface area contributed by atoms with Crippen LogP contribution in [-0.2, 0) is 0 Å². The molecule has 19 heavy (non-hydrogen) atoms. The Kier molecular flexibility index (Phi) is 3.69. The van der Waals surface area contributed by atoms with Crippen molar-refractivity contribution in [1.29, 1.82) is 0 Å². The van der Waals surface area contributed by atoms with Gasteiger partial charge < -0.3 is 5.73 Å². The van der Waals surface area contributed by atoms with Gasteiger partial charge in [0.25, 0.3) is 0 Å². The zero-order valence-electron chi connectivity index (χ0n) is 10.7. The lowest BCUT2D eigenvalue weighted by molar-refractivity contribution is 0.886. The van der Waals surface area contributed by atoms with Crippen molar-refractivity contribution < 1.29 is 0 Å². The smallest absolute Gasteiger partial charge is 0.123 e. The largest absolute Gasteiger partial charge is 0.398 e. The molecular formula is C15H17N3S. The highest BCUT2D eigenvalue weighted by molar-refractivity contribution is 8.00. The van der Waals surface area contributed by atoms with E-state index in [9.17, 15) is 0 Å². The third-order valence-corrected chi connectivity index (χ3v) is 4.79. The van der Waals surface area contributed by atoms with Crippen LogP contribution >= 0.6 is 11.8 Å². The number of rotatable bonds is 3. The van der Waals surface area contributed by atoms with E-state index >= 15 is 0 Å². The Morgan fingerprint density at radius 1 is 1.05 bits per heavy atom. The highest BCUT2D eigenvalue weighted by atomic mass is 32.2. The first kappa shape index (κ1) is 12.5. The minimum atomic E-state index is 0.681. The molecule has 1 heterocycles.